The van der Waals surface area contributed by atoms with Crippen molar-refractivity contribution in [1.82, 2.24) is 0 Å². The zero-order valence-corrected chi connectivity index (χ0v) is 9.02. The third-order valence-corrected chi connectivity index (χ3v) is 2.59. The lowest BCUT2D eigenvalue weighted by molar-refractivity contribution is -0.672. The Morgan fingerprint density at radius 2 is 1.93 bits per heavy atom. The highest BCUT2D eigenvalue weighted by molar-refractivity contribution is 5.74. The maximum atomic E-state index is 5.24. The van der Waals surface area contributed by atoms with E-state index in [1.165, 1.54) is 10.9 Å². The third-order valence-electron chi connectivity index (χ3n) is 2.59. The van der Waals surface area contributed by atoms with Gasteiger partial charge in [-0.1, -0.05) is 12.1 Å². The third kappa shape index (κ3) is 2.11. The van der Waals surface area contributed by atoms with E-state index in [-0.39, 0.29) is 12.4 Å². The van der Waals surface area contributed by atoms with Crippen molar-refractivity contribution in [3.05, 3.63) is 42.6 Å². The zero-order valence-electron chi connectivity index (χ0n) is 8.27. The summed E-state index contributed by atoms with van der Waals surface area (Å²) in [6, 6.07) is 12.7. The van der Waals surface area contributed by atoms with Gasteiger partial charge in [-0.2, -0.15) is 4.57 Å². The predicted octanol–water partition coefficient (Wildman–Crippen LogP) is -1.47. The SMILES string of the molecule is [Cl-].c1ccc2c(c1)ccc[n+]2CC1CO1. The van der Waals surface area contributed by atoms with Crippen LogP contribution >= 0.6 is 0 Å². The largest absolute Gasteiger partial charge is 1.00 e. The lowest BCUT2D eigenvalue weighted by Gasteiger charge is -1.98. The van der Waals surface area contributed by atoms with Crippen LogP contribution in [0.25, 0.3) is 10.9 Å². The first-order valence-corrected chi connectivity index (χ1v) is 4.92. The minimum absolute atomic E-state index is 0. The quantitative estimate of drug-likeness (QED) is 0.447. The van der Waals surface area contributed by atoms with Crippen LogP contribution in [-0.2, 0) is 11.3 Å². The summed E-state index contributed by atoms with van der Waals surface area (Å²) in [6.45, 7) is 1.89. The van der Waals surface area contributed by atoms with E-state index in [1.54, 1.807) is 0 Å². The summed E-state index contributed by atoms with van der Waals surface area (Å²) in [5, 5.41) is 1.29. The maximum absolute atomic E-state index is 5.24. The fourth-order valence-corrected chi connectivity index (χ4v) is 1.77. The van der Waals surface area contributed by atoms with Crippen LogP contribution < -0.4 is 17.0 Å². The van der Waals surface area contributed by atoms with Gasteiger partial charge in [-0.25, -0.2) is 0 Å². The number of aromatic nitrogens is 1. The summed E-state index contributed by atoms with van der Waals surface area (Å²) in [6.07, 6.45) is 2.55. The van der Waals surface area contributed by atoms with E-state index < -0.39 is 0 Å². The number of hydrogen-bond donors (Lipinski definition) is 0. The number of fused-ring (bicyclic) bond motifs is 1. The van der Waals surface area contributed by atoms with Gasteiger partial charge in [0.2, 0.25) is 5.52 Å². The minimum atomic E-state index is 0. The van der Waals surface area contributed by atoms with Gasteiger partial charge < -0.3 is 17.1 Å². The van der Waals surface area contributed by atoms with E-state index in [0.29, 0.717) is 6.10 Å². The molecule has 2 nitrogen and oxygen atoms in total. The Morgan fingerprint density at radius 3 is 2.73 bits per heavy atom. The van der Waals surface area contributed by atoms with Crippen molar-refractivity contribution in [2.24, 2.45) is 0 Å². The number of hydrogen-bond acceptors (Lipinski definition) is 1. The topological polar surface area (TPSA) is 16.4 Å². The molecule has 1 saturated heterocycles. The van der Waals surface area contributed by atoms with Crippen LogP contribution in [-0.4, -0.2) is 12.7 Å². The lowest BCUT2D eigenvalue weighted by atomic mass is 10.2. The number of pyridine rings is 1. The molecule has 15 heavy (non-hydrogen) atoms. The number of rotatable bonds is 2. The van der Waals surface area contributed by atoms with Crippen LogP contribution in [0.15, 0.2) is 42.6 Å². The van der Waals surface area contributed by atoms with Gasteiger partial charge in [0.15, 0.2) is 12.7 Å². The molecule has 0 amide bonds. The summed E-state index contributed by atoms with van der Waals surface area (Å²) >= 11 is 0. The Hall–Kier alpha value is -1.12. The van der Waals surface area contributed by atoms with Crippen molar-refractivity contribution in [3.63, 3.8) is 0 Å². The second-order valence-corrected chi connectivity index (χ2v) is 3.67. The number of para-hydroxylation sites is 1. The molecule has 3 rings (SSSR count). The first-order chi connectivity index (χ1) is 6.93. The van der Waals surface area contributed by atoms with Crippen molar-refractivity contribution < 1.29 is 21.7 Å². The van der Waals surface area contributed by atoms with Crippen LogP contribution in [0.4, 0.5) is 0 Å². The molecule has 78 valence electrons. The van der Waals surface area contributed by atoms with E-state index in [2.05, 4.69) is 47.2 Å². The Kier molecular flexibility index (Phi) is 2.89. The van der Waals surface area contributed by atoms with Gasteiger partial charge in [-0.3, -0.25) is 0 Å². The highest BCUT2D eigenvalue weighted by Gasteiger charge is 2.27. The van der Waals surface area contributed by atoms with Gasteiger partial charge in [-0.15, -0.1) is 0 Å². The Labute approximate surface area is 94.9 Å². The summed E-state index contributed by atoms with van der Waals surface area (Å²) in [7, 11) is 0. The standard InChI is InChI=1S/C12H12NO.ClH/c1-2-6-12-10(4-1)5-3-7-13(12)8-11-9-14-11;/h1-7,11H,8-9H2;1H/q+1;/p-1. The number of epoxide rings is 1. The van der Waals surface area contributed by atoms with Crippen LogP contribution in [0.1, 0.15) is 0 Å². The van der Waals surface area contributed by atoms with Crippen molar-refractivity contribution in [3.8, 4) is 0 Å². The first-order valence-electron chi connectivity index (χ1n) is 4.92. The molecule has 0 N–H and O–H groups in total. The van der Waals surface area contributed by atoms with E-state index in [1.807, 2.05) is 0 Å². The normalized spacial score (nSPS) is 18.5. The molecule has 0 saturated carbocycles. The van der Waals surface area contributed by atoms with Gasteiger partial charge in [0.25, 0.3) is 0 Å². The molecule has 1 atom stereocenters. The number of halogens is 1. The monoisotopic (exact) mass is 221 g/mol. The van der Waals surface area contributed by atoms with Gasteiger partial charge in [0.1, 0.15) is 6.10 Å². The van der Waals surface area contributed by atoms with Gasteiger partial charge in [-0.05, 0) is 12.1 Å². The summed E-state index contributed by atoms with van der Waals surface area (Å²) < 4.78 is 7.50. The molecule has 0 aliphatic carbocycles. The maximum Gasteiger partial charge on any atom is 0.212 e. The van der Waals surface area contributed by atoms with Crippen molar-refractivity contribution in [2.75, 3.05) is 6.61 Å². The van der Waals surface area contributed by atoms with Crippen molar-refractivity contribution in [1.29, 1.82) is 0 Å². The van der Waals surface area contributed by atoms with Crippen LogP contribution in [0, 0.1) is 0 Å². The number of ether oxygens (including phenoxy) is 1. The van der Waals surface area contributed by atoms with E-state index in [9.17, 15) is 0 Å². The lowest BCUT2D eigenvalue weighted by Crippen LogP contribution is -3.00. The van der Waals surface area contributed by atoms with Crippen molar-refractivity contribution in [2.45, 2.75) is 12.6 Å². The molecule has 1 aliphatic heterocycles. The fraction of sp³-hybridized carbons (Fsp3) is 0.250. The predicted molar refractivity (Wildman–Crippen MR) is 53.9 cm³/mol. The Morgan fingerprint density at radius 1 is 1.20 bits per heavy atom. The molecule has 1 aliphatic rings. The van der Waals surface area contributed by atoms with Crippen molar-refractivity contribution >= 4 is 10.9 Å². The second-order valence-electron chi connectivity index (χ2n) is 3.67. The second kappa shape index (κ2) is 4.17. The molecule has 1 fully saturated rings. The highest BCUT2D eigenvalue weighted by Crippen LogP contribution is 2.12. The van der Waals surface area contributed by atoms with Gasteiger partial charge >= 0.3 is 0 Å². The fourth-order valence-electron chi connectivity index (χ4n) is 1.77. The van der Waals surface area contributed by atoms with Crippen LogP contribution in [0.3, 0.4) is 0 Å². The van der Waals surface area contributed by atoms with Crippen LogP contribution in [0.5, 0.6) is 0 Å². The Balaban J connectivity index is 0.000000853. The summed E-state index contributed by atoms with van der Waals surface area (Å²) in [4.78, 5) is 0. The molecule has 3 heteroatoms. The van der Waals surface area contributed by atoms with Gasteiger partial charge in [0.05, 0.1) is 6.61 Å². The molecule has 1 unspecified atom stereocenters. The van der Waals surface area contributed by atoms with E-state index in [4.69, 9.17) is 4.74 Å². The molecular weight excluding hydrogens is 210 g/mol. The first kappa shape index (κ1) is 10.4. The van der Waals surface area contributed by atoms with E-state index >= 15 is 0 Å². The molecule has 2 heterocycles. The smallest absolute Gasteiger partial charge is 0.212 e. The number of nitrogens with zero attached hydrogens (tertiary/aromatic N) is 1. The molecular formula is C12H12ClNO. The zero-order chi connectivity index (χ0) is 9.38. The van der Waals surface area contributed by atoms with E-state index in [0.717, 1.165) is 13.2 Å². The highest BCUT2D eigenvalue weighted by atomic mass is 35.5. The average Bonchev–Trinajstić information content (AvgIpc) is 3.03. The Bertz CT molecular complexity index is 463. The number of benzene rings is 1. The molecule has 1 aromatic heterocycles. The molecule has 1 aromatic carbocycles. The van der Waals surface area contributed by atoms with Crippen LogP contribution in [0.2, 0.25) is 0 Å². The average molecular weight is 222 g/mol. The minimum Gasteiger partial charge on any atom is -1.00 e. The molecule has 0 spiro atoms. The molecule has 2 aromatic rings. The molecule has 0 bridgehead atoms. The summed E-state index contributed by atoms with van der Waals surface area (Å²) in [5.74, 6) is 0. The van der Waals surface area contributed by atoms with Gasteiger partial charge in [0, 0.05) is 17.5 Å². The summed E-state index contributed by atoms with van der Waals surface area (Å²) in [5.41, 5.74) is 1.28. The molecule has 0 radical (unpaired) electrons.